The van der Waals surface area contributed by atoms with Crippen molar-refractivity contribution in [1.82, 2.24) is 14.8 Å². The summed E-state index contributed by atoms with van der Waals surface area (Å²) in [4.78, 5) is 23.4. The minimum atomic E-state index is -0.0104. The zero-order chi connectivity index (χ0) is 16.1. The van der Waals surface area contributed by atoms with E-state index in [-0.39, 0.29) is 12.5 Å². The molecule has 1 aromatic rings. The molecule has 0 aliphatic carbocycles. The van der Waals surface area contributed by atoms with E-state index >= 15 is 0 Å². The van der Waals surface area contributed by atoms with Crippen LogP contribution in [0.3, 0.4) is 0 Å². The van der Waals surface area contributed by atoms with Crippen LogP contribution in [0.4, 0.5) is 5.82 Å². The van der Waals surface area contributed by atoms with Gasteiger partial charge in [-0.2, -0.15) is 0 Å². The minimum absolute atomic E-state index is 0.0104. The van der Waals surface area contributed by atoms with Gasteiger partial charge >= 0.3 is 0 Å². The van der Waals surface area contributed by atoms with E-state index in [0.29, 0.717) is 38.5 Å². The molecule has 0 saturated carbocycles. The highest BCUT2D eigenvalue weighted by Gasteiger charge is 2.23. The lowest BCUT2D eigenvalue weighted by atomic mass is 10.2. The fraction of sp³-hybridized carbons (Fsp3) is 0.625. The maximum atomic E-state index is 12.7. The second-order valence-electron chi connectivity index (χ2n) is 5.84. The number of aliphatic hydroxyl groups excluding tert-OH is 1. The van der Waals surface area contributed by atoms with E-state index in [0.717, 1.165) is 32.0 Å². The van der Waals surface area contributed by atoms with Crippen LogP contribution in [0.1, 0.15) is 10.5 Å². The van der Waals surface area contributed by atoms with E-state index in [1.54, 1.807) is 6.07 Å². The fourth-order valence-corrected chi connectivity index (χ4v) is 2.99. The van der Waals surface area contributed by atoms with Gasteiger partial charge in [-0.3, -0.25) is 9.69 Å². The third-order valence-corrected chi connectivity index (χ3v) is 4.36. The Morgan fingerprint density at radius 1 is 1.13 bits per heavy atom. The largest absolute Gasteiger partial charge is 0.395 e. The Balaban J connectivity index is 1.63. The summed E-state index contributed by atoms with van der Waals surface area (Å²) >= 11 is 0. The highest BCUT2D eigenvalue weighted by atomic mass is 16.5. The summed E-state index contributed by atoms with van der Waals surface area (Å²) in [6.45, 7) is 6.83. The molecule has 7 heteroatoms. The molecule has 3 heterocycles. The molecule has 0 radical (unpaired) electrons. The molecule has 0 bridgehead atoms. The van der Waals surface area contributed by atoms with E-state index in [1.807, 2.05) is 17.0 Å². The van der Waals surface area contributed by atoms with Crippen molar-refractivity contribution in [2.45, 2.75) is 0 Å². The molecular formula is C16H24N4O3. The van der Waals surface area contributed by atoms with Crippen molar-refractivity contribution in [3.05, 3.63) is 23.9 Å². The number of hydrogen-bond donors (Lipinski definition) is 1. The van der Waals surface area contributed by atoms with Crippen molar-refractivity contribution in [2.75, 3.05) is 70.5 Å². The zero-order valence-corrected chi connectivity index (χ0v) is 13.4. The second kappa shape index (κ2) is 7.72. The summed E-state index contributed by atoms with van der Waals surface area (Å²) in [5, 5.41) is 8.98. The highest BCUT2D eigenvalue weighted by molar-refractivity contribution is 5.92. The summed E-state index contributed by atoms with van der Waals surface area (Å²) in [5.74, 6) is 0.835. The molecular weight excluding hydrogens is 296 g/mol. The van der Waals surface area contributed by atoms with Gasteiger partial charge in [0, 0.05) is 45.8 Å². The fourth-order valence-electron chi connectivity index (χ4n) is 2.99. The van der Waals surface area contributed by atoms with E-state index in [1.165, 1.54) is 0 Å². The number of aromatic nitrogens is 1. The predicted molar refractivity (Wildman–Crippen MR) is 86.7 cm³/mol. The summed E-state index contributed by atoms with van der Waals surface area (Å²) in [6, 6.07) is 5.63. The number of carbonyl (C=O) groups excluding carboxylic acids is 1. The van der Waals surface area contributed by atoms with E-state index in [4.69, 9.17) is 9.84 Å². The van der Waals surface area contributed by atoms with Gasteiger partial charge < -0.3 is 19.6 Å². The first-order chi connectivity index (χ1) is 11.3. The van der Waals surface area contributed by atoms with Gasteiger partial charge in [-0.1, -0.05) is 6.07 Å². The lowest BCUT2D eigenvalue weighted by Crippen LogP contribution is -2.49. The molecule has 2 aliphatic rings. The quantitative estimate of drug-likeness (QED) is 0.819. The Labute approximate surface area is 136 Å². The van der Waals surface area contributed by atoms with Gasteiger partial charge in [-0.25, -0.2) is 4.98 Å². The zero-order valence-electron chi connectivity index (χ0n) is 13.4. The lowest BCUT2D eigenvalue weighted by Gasteiger charge is -2.34. The first-order valence-electron chi connectivity index (χ1n) is 8.20. The first-order valence-corrected chi connectivity index (χ1v) is 8.20. The molecule has 2 aliphatic heterocycles. The first kappa shape index (κ1) is 16.2. The Morgan fingerprint density at radius 3 is 2.57 bits per heavy atom. The van der Waals surface area contributed by atoms with Gasteiger partial charge in [-0.15, -0.1) is 0 Å². The van der Waals surface area contributed by atoms with E-state index in [2.05, 4.69) is 14.8 Å². The molecule has 1 aromatic heterocycles. The van der Waals surface area contributed by atoms with Gasteiger partial charge in [-0.05, 0) is 12.1 Å². The number of β-amino-alcohol motifs (C(OH)–C–C–N with tert-alkyl or cyclic N) is 1. The Kier molecular flexibility index (Phi) is 5.43. The third-order valence-electron chi connectivity index (χ3n) is 4.36. The van der Waals surface area contributed by atoms with Gasteiger partial charge in [0.25, 0.3) is 5.91 Å². The van der Waals surface area contributed by atoms with Crippen molar-refractivity contribution >= 4 is 11.7 Å². The maximum Gasteiger partial charge on any atom is 0.272 e. The van der Waals surface area contributed by atoms with Crippen molar-refractivity contribution in [2.24, 2.45) is 0 Å². The van der Waals surface area contributed by atoms with Crippen LogP contribution in [0.2, 0.25) is 0 Å². The number of hydrogen-bond acceptors (Lipinski definition) is 6. The molecule has 23 heavy (non-hydrogen) atoms. The van der Waals surface area contributed by atoms with E-state index in [9.17, 15) is 4.79 Å². The molecule has 3 rings (SSSR count). The maximum absolute atomic E-state index is 12.7. The van der Waals surface area contributed by atoms with Crippen LogP contribution in [0.5, 0.6) is 0 Å². The van der Waals surface area contributed by atoms with Crippen molar-refractivity contribution < 1.29 is 14.6 Å². The Bertz CT molecular complexity index is 526. The van der Waals surface area contributed by atoms with Gasteiger partial charge in [0.1, 0.15) is 11.5 Å². The monoisotopic (exact) mass is 320 g/mol. The van der Waals surface area contributed by atoms with Gasteiger partial charge in [0.05, 0.1) is 19.8 Å². The molecule has 1 amide bonds. The molecule has 7 nitrogen and oxygen atoms in total. The van der Waals surface area contributed by atoms with Crippen molar-refractivity contribution in [3.63, 3.8) is 0 Å². The molecule has 2 fully saturated rings. The van der Waals surface area contributed by atoms with E-state index < -0.39 is 0 Å². The smallest absolute Gasteiger partial charge is 0.272 e. The number of amides is 1. The van der Waals surface area contributed by atoms with Crippen LogP contribution >= 0.6 is 0 Å². The SMILES string of the molecule is O=C(c1cccc(N2CCOCC2)n1)N1CCN(CCO)CC1. The van der Waals surface area contributed by atoms with Crippen LogP contribution in [0.25, 0.3) is 0 Å². The van der Waals surface area contributed by atoms with Crippen LogP contribution in [0.15, 0.2) is 18.2 Å². The average Bonchev–Trinajstić information content (AvgIpc) is 2.63. The van der Waals surface area contributed by atoms with Crippen molar-refractivity contribution in [1.29, 1.82) is 0 Å². The van der Waals surface area contributed by atoms with Gasteiger partial charge in [0.15, 0.2) is 0 Å². The number of ether oxygens (including phenoxy) is 1. The number of piperazine rings is 1. The Morgan fingerprint density at radius 2 is 1.87 bits per heavy atom. The number of aliphatic hydroxyl groups is 1. The number of morpholine rings is 1. The van der Waals surface area contributed by atoms with Crippen LogP contribution in [-0.2, 0) is 4.74 Å². The number of anilines is 1. The lowest BCUT2D eigenvalue weighted by molar-refractivity contribution is 0.0609. The molecule has 1 N–H and O–H groups in total. The number of nitrogens with zero attached hydrogens (tertiary/aromatic N) is 4. The summed E-state index contributed by atoms with van der Waals surface area (Å²) in [6.07, 6.45) is 0. The normalized spacial score (nSPS) is 19.9. The van der Waals surface area contributed by atoms with Crippen LogP contribution < -0.4 is 4.90 Å². The summed E-state index contributed by atoms with van der Waals surface area (Å²) < 4.78 is 5.36. The highest BCUT2D eigenvalue weighted by Crippen LogP contribution is 2.15. The average molecular weight is 320 g/mol. The molecule has 0 aromatic carbocycles. The topological polar surface area (TPSA) is 69.1 Å². The van der Waals surface area contributed by atoms with Crippen molar-refractivity contribution in [3.8, 4) is 0 Å². The molecule has 0 unspecified atom stereocenters. The molecule has 126 valence electrons. The van der Waals surface area contributed by atoms with Crippen LogP contribution in [0, 0.1) is 0 Å². The molecule has 2 saturated heterocycles. The number of carbonyl (C=O) groups is 1. The summed E-state index contributed by atoms with van der Waals surface area (Å²) in [5.41, 5.74) is 0.504. The second-order valence-corrected chi connectivity index (χ2v) is 5.84. The van der Waals surface area contributed by atoms with Crippen LogP contribution in [-0.4, -0.2) is 91.4 Å². The minimum Gasteiger partial charge on any atom is -0.395 e. The molecule has 0 atom stereocenters. The third kappa shape index (κ3) is 3.99. The Hall–Kier alpha value is -1.70. The number of rotatable bonds is 4. The molecule has 0 spiro atoms. The standard InChI is InChI=1S/C16H24N4O3/c21-11-8-18-4-6-20(7-5-18)16(22)14-2-1-3-15(17-14)19-9-12-23-13-10-19/h1-3,21H,4-13H2. The number of pyridine rings is 1. The predicted octanol–water partition coefficient (Wildman–Crippen LogP) is -0.332. The van der Waals surface area contributed by atoms with Gasteiger partial charge in [0.2, 0.25) is 0 Å². The summed E-state index contributed by atoms with van der Waals surface area (Å²) in [7, 11) is 0.